The molecule has 0 bridgehead atoms. The molecule has 4 heterocycles. The van der Waals surface area contributed by atoms with Crippen molar-refractivity contribution in [1.29, 1.82) is 0 Å². The van der Waals surface area contributed by atoms with Crippen molar-refractivity contribution < 1.29 is 104 Å². The van der Waals surface area contributed by atoms with E-state index < -0.39 is 149 Å². The second-order valence-corrected chi connectivity index (χ2v) is 11.7. The standard InChI is InChI=1S/C27H42O21/c1-3-4-41-27-22(48-25-16(36)13(33)11(31)8(5-28)43-25)20(18(38)21(47-27)23(39)40)46-26-17(37)14(34)19(9(6-29)44-26)45-24-15(35)12(32)10(30)7(2)42-24/h1,7-22,24-38H,4-6H2,2H3,(H,39,40)/t7-,8+,9+,10-,11+,12+,13-,14+,15+,16+,17+,18-,19-,20-,21-,22+,24-,25-,26-,27+/m0/s1. The van der Waals surface area contributed by atoms with Gasteiger partial charge in [-0.05, 0) is 6.92 Å². The zero-order valence-electron chi connectivity index (χ0n) is 25.3. The van der Waals surface area contributed by atoms with Gasteiger partial charge < -0.3 is 99.2 Å². The number of terminal acetylenes is 1. The van der Waals surface area contributed by atoms with E-state index in [1.807, 2.05) is 0 Å². The van der Waals surface area contributed by atoms with E-state index in [9.17, 15) is 66.1 Å². The highest BCUT2D eigenvalue weighted by atomic mass is 16.8. The number of hydrogen-bond donors (Lipinski definition) is 12. The Balaban J connectivity index is 1.60. The van der Waals surface area contributed by atoms with Crippen molar-refractivity contribution in [1.82, 2.24) is 0 Å². The molecule has 0 aromatic rings. The van der Waals surface area contributed by atoms with E-state index in [1.165, 1.54) is 6.92 Å². The molecule has 20 atom stereocenters. The minimum atomic E-state index is -2.18. The van der Waals surface area contributed by atoms with E-state index in [1.54, 1.807) is 0 Å². The summed E-state index contributed by atoms with van der Waals surface area (Å²) in [4.78, 5) is 12.0. The van der Waals surface area contributed by atoms with Crippen molar-refractivity contribution in [2.24, 2.45) is 0 Å². The zero-order valence-corrected chi connectivity index (χ0v) is 25.3. The number of carboxylic acid groups (broad SMARTS) is 1. The molecular weight excluding hydrogens is 660 g/mol. The maximum absolute atomic E-state index is 12.0. The summed E-state index contributed by atoms with van der Waals surface area (Å²) in [5, 5.41) is 124. The molecule has 0 spiro atoms. The molecule has 0 aliphatic carbocycles. The summed E-state index contributed by atoms with van der Waals surface area (Å²) in [5.41, 5.74) is 0. The second-order valence-electron chi connectivity index (χ2n) is 11.7. The molecule has 0 saturated carbocycles. The van der Waals surface area contributed by atoms with Gasteiger partial charge in [0.15, 0.2) is 31.3 Å². The van der Waals surface area contributed by atoms with Crippen molar-refractivity contribution >= 4 is 5.97 Å². The van der Waals surface area contributed by atoms with E-state index in [-0.39, 0.29) is 0 Å². The van der Waals surface area contributed by atoms with Crippen LogP contribution >= 0.6 is 0 Å². The average molecular weight is 703 g/mol. The van der Waals surface area contributed by atoms with Crippen LogP contribution in [-0.2, 0) is 42.7 Å². The number of aliphatic hydroxyl groups is 11. The van der Waals surface area contributed by atoms with Crippen LogP contribution in [0.25, 0.3) is 0 Å². The number of aliphatic carboxylic acids is 1. The topological polar surface area (TPSA) is 334 Å². The van der Waals surface area contributed by atoms with Gasteiger partial charge in [-0.25, -0.2) is 4.79 Å². The molecule has 0 aromatic carbocycles. The summed E-state index contributed by atoms with van der Waals surface area (Å²) < 4.78 is 44.0. The van der Waals surface area contributed by atoms with E-state index in [0.717, 1.165) is 0 Å². The number of carboxylic acids is 1. The van der Waals surface area contributed by atoms with Gasteiger partial charge in [-0.3, -0.25) is 0 Å². The minimum Gasteiger partial charge on any atom is -0.479 e. The lowest BCUT2D eigenvalue weighted by atomic mass is 9.95. The summed E-state index contributed by atoms with van der Waals surface area (Å²) in [7, 11) is 0. The lowest BCUT2D eigenvalue weighted by Gasteiger charge is -2.49. The van der Waals surface area contributed by atoms with Crippen molar-refractivity contribution in [3.05, 3.63) is 0 Å². The van der Waals surface area contributed by atoms with Gasteiger partial charge in [0.1, 0.15) is 92.1 Å². The molecule has 4 saturated heterocycles. The van der Waals surface area contributed by atoms with Crippen molar-refractivity contribution in [2.45, 2.75) is 130 Å². The fraction of sp³-hybridized carbons (Fsp3) is 0.889. The highest BCUT2D eigenvalue weighted by molar-refractivity contribution is 5.73. The normalized spacial score (nSPS) is 50.1. The minimum absolute atomic E-state index is 0.527. The molecule has 21 nitrogen and oxygen atoms in total. The summed E-state index contributed by atoms with van der Waals surface area (Å²) >= 11 is 0. The van der Waals surface area contributed by atoms with E-state index in [4.69, 9.17) is 44.3 Å². The van der Waals surface area contributed by atoms with E-state index >= 15 is 0 Å². The second kappa shape index (κ2) is 16.5. The monoisotopic (exact) mass is 702 g/mol. The summed E-state index contributed by atoms with van der Waals surface area (Å²) in [5.74, 6) is 0.386. The van der Waals surface area contributed by atoms with Gasteiger partial charge in [-0.2, -0.15) is 0 Å². The highest BCUT2D eigenvalue weighted by Gasteiger charge is 2.57. The van der Waals surface area contributed by atoms with Crippen LogP contribution < -0.4 is 0 Å². The van der Waals surface area contributed by atoms with Gasteiger partial charge >= 0.3 is 5.97 Å². The van der Waals surface area contributed by atoms with Gasteiger partial charge in [-0.15, -0.1) is 6.42 Å². The fourth-order valence-corrected chi connectivity index (χ4v) is 5.70. The Labute approximate surface area is 272 Å². The first-order valence-electron chi connectivity index (χ1n) is 14.9. The molecule has 4 aliphatic heterocycles. The van der Waals surface area contributed by atoms with Crippen molar-refractivity contribution in [3.8, 4) is 12.3 Å². The number of hydrogen-bond acceptors (Lipinski definition) is 20. The smallest absolute Gasteiger partial charge is 0.335 e. The average Bonchev–Trinajstić information content (AvgIpc) is 3.06. The Morgan fingerprint density at radius 1 is 0.604 bits per heavy atom. The van der Waals surface area contributed by atoms with Crippen LogP contribution in [0.3, 0.4) is 0 Å². The molecule has 0 amide bonds. The number of carbonyl (C=O) groups is 1. The first kappa shape index (κ1) is 39.1. The molecule has 276 valence electrons. The predicted molar refractivity (Wildman–Crippen MR) is 146 cm³/mol. The van der Waals surface area contributed by atoms with Crippen LogP contribution in [0.5, 0.6) is 0 Å². The molecule has 12 N–H and O–H groups in total. The molecule has 4 aliphatic rings. The Morgan fingerprint density at radius 3 is 1.67 bits per heavy atom. The van der Waals surface area contributed by atoms with Crippen LogP contribution in [0.1, 0.15) is 6.92 Å². The molecule has 4 fully saturated rings. The first-order valence-corrected chi connectivity index (χ1v) is 14.9. The number of ether oxygens (including phenoxy) is 8. The van der Waals surface area contributed by atoms with Gasteiger partial charge in [0, 0.05) is 0 Å². The lowest BCUT2D eigenvalue weighted by Crippen LogP contribution is -2.68. The maximum atomic E-state index is 12.0. The van der Waals surface area contributed by atoms with Crippen LogP contribution in [0.15, 0.2) is 0 Å². The predicted octanol–water partition coefficient (Wildman–Crippen LogP) is -7.97. The van der Waals surface area contributed by atoms with Crippen molar-refractivity contribution in [3.63, 3.8) is 0 Å². The number of rotatable bonds is 11. The van der Waals surface area contributed by atoms with Crippen LogP contribution in [0.4, 0.5) is 0 Å². The highest BCUT2D eigenvalue weighted by Crippen LogP contribution is 2.35. The van der Waals surface area contributed by atoms with Gasteiger partial charge in [0.25, 0.3) is 0 Å². The first-order chi connectivity index (χ1) is 22.7. The quantitative estimate of drug-likeness (QED) is 0.0889. The Hall–Kier alpha value is -1.73. The van der Waals surface area contributed by atoms with E-state index in [2.05, 4.69) is 5.92 Å². The fourth-order valence-electron chi connectivity index (χ4n) is 5.70. The summed E-state index contributed by atoms with van der Waals surface area (Å²) in [6.07, 6.45) is -30.9. The summed E-state index contributed by atoms with van der Waals surface area (Å²) in [6, 6.07) is 0. The van der Waals surface area contributed by atoms with Gasteiger partial charge in [0.05, 0.1) is 19.3 Å². The zero-order chi connectivity index (χ0) is 35.6. The molecule has 4 rings (SSSR count). The van der Waals surface area contributed by atoms with E-state index in [0.29, 0.717) is 0 Å². The van der Waals surface area contributed by atoms with Crippen molar-refractivity contribution in [2.75, 3.05) is 19.8 Å². The number of aliphatic hydroxyl groups excluding tert-OH is 11. The Kier molecular flexibility index (Phi) is 13.4. The Morgan fingerprint density at radius 2 is 1.10 bits per heavy atom. The maximum Gasteiger partial charge on any atom is 0.335 e. The Bertz CT molecular complexity index is 1090. The molecule has 21 heteroatoms. The lowest BCUT2D eigenvalue weighted by molar-refractivity contribution is -0.394. The van der Waals surface area contributed by atoms with Gasteiger partial charge in [0.2, 0.25) is 0 Å². The molecule has 0 unspecified atom stereocenters. The molecule has 0 radical (unpaired) electrons. The third-order valence-electron chi connectivity index (χ3n) is 8.45. The SMILES string of the molecule is C#CCO[C@@H]1O[C@H](C(=O)O)[C@@H](O)[C@H](O[C@@H]2O[C@H](CO)[C@H](O[C@@H]3O[C@@H](C)[C@H](O)[C@@H](O)[C@H]3O)[C@H](O)[C@H]2O)[C@H]1O[C@@H]1O[C@H](CO)[C@@H](O)[C@H](O)[C@H]1O. The third kappa shape index (κ3) is 7.92. The molecule has 0 aromatic heterocycles. The third-order valence-corrected chi connectivity index (χ3v) is 8.45. The summed E-state index contributed by atoms with van der Waals surface area (Å²) in [6.45, 7) is -0.940. The van der Waals surface area contributed by atoms with Crippen LogP contribution in [0, 0.1) is 12.3 Å². The molecule has 48 heavy (non-hydrogen) atoms. The van der Waals surface area contributed by atoms with Gasteiger partial charge in [-0.1, -0.05) is 5.92 Å². The largest absolute Gasteiger partial charge is 0.479 e. The molecular formula is C27H42O21. The van der Waals surface area contributed by atoms with Crippen LogP contribution in [-0.4, -0.2) is 210 Å². The van der Waals surface area contributed by atoms with Crippen LogP contribution in [0.2, 0.25) is 0 Å².